The molecule has 1 amide bonds. The van der Waals surface area contributed by atoms with Crippen LogP contribution in [0.5, 0.6) is 0 Å². The van der Waals surface area contributed by atoms with Gasteiger partial charge in [-0.2, -0.15) is 10.2 Å². The number of nitrogens with zero attached hydrogens (tertiary/aromatic N) is 5. The maximum atomic E-state index is 14.2. The Labute approximate surface area is 235 Å². The fourth-order valence-electron chi connectivity index (χ4n) is 4.90. The van der Waals surface area contributed by atoms with Crippen molar-refractivity contribution in [3.8, 4) is 23.0 Å². The third kappa shape index (κ3) is 4.55. The lowest BCUT2D eigenvalue weighted by atomic mass is 9.97. The molecule has 6 aromatic rings. The normalized spacial score (nSPS) is 11.8. The summed E-state index contributed by atoms with van der Waals surface area (Å²) in [6, 6.07) is 15.7. The van der Waals surface area contributed by atoms with Gasteiger partial charge in [0.25, 0.3) is 5.91 Å². The van der Waals surface area contributed by atoms with Crippen LogP contribution < -0.4 is 10.7 Å². The van der Waals surface area contributed by atoms with Crippen molar-refractivity contribution >= 4 is 22.5 Å². The molecule has 6 rings (SSSR count). The fraction of sp³-hybridized carbons (Fsp3) is 0.156. The minimum atomic E-state index is -0.652. The van der Waals surface area contributed by atoms with Crippen molar-refractivity contribution in [3.05, 3.63) is 117 Å². The summed E-state index contributed by atoms with van der Waals surface area (Å²) in [6.07, 6.45) is 5.05. The number of aryl methyl sites for hydroxylation is 2. The van der Waals surface area contributed by atoms with E-state index in [0.717, 1.165) is 11.3 Å². The molecular weight excluding hydrogens is 516 g/mol. The summed E-state index contributed by atoms with van der Waals surface area (Å²) in [5, 5.41) is 12.0. The molecule has 0 aliphatic carbocycles. The van der Waals surface area contributed by atoms with E-state index in [4.69, 9.17) is 4.42 Å². The van der Waals surface area contributed by atoms with Crippen LogP contribution in [0, 0.1) is 25.7 Å². The summed E-state index contributed by atoms with van der Waals surface area (Å²) in [7, 11) is 1.86. The number of rotatable bonds is 4. The van der Waals surface area contributed by atoms with Crippen LogP contribution in [0.1, 0.15) is 51.6 Å². The van der Waals surface area contributed by atoms with E-state index in [1.54, 1.807) is 65.9 Å². The summed E-state index contributed by atoms with van der Waals surface area (Å²) in [4.78, 5) is 32.0. The van der Waals surface area contributed by atoms with E-state index in [9.17, 15) is 9.59 Å². The van der Waals surface area contributed by atoms with Crippen molar-refractivity contribution in [2.45, 2.75) is 26.8 Å². The Morgan fingerprint density at radius 3 is 2.56 bits per heavy atom. The van der Waals surface area contributed by atoms with Gasteiger partial charge in [-0.05, 0) is 44.5 Å². The standard InChI is InChI=1S/C32H26N6O3/c1-19-26(31-33-16-9-17-38(31)36-19)32(40)35-20(2)30-28(22-10-6-5-7-11-22)29(39)27-23(12-8-13-25(27)41-30)14-15-24-18-34-37(4)21(24)3/h5-13,16-18,20H,1-4H3,(H,35,40). The van der Waals surface area contributed by atoms with Gasteiger partial charge in [0, 0.05) is 25.0 Å². The molecule has 0 radical (unpaired) electrons. The first-order valence-electron chi connectivity index (χ1n) is 13.1. The number of hydrogen-bond donors (Lipinski definition) is 1. The van der Waals surface area contributed by atoms with E-state index < -0.39 is 6.04 Å². The average molecular weight is 543 g/mol. The monoisotopic (exact) mass is 542 g/mol. The predicted molar refractivity (Wildman–Crippen MR) is 155 cm³/mol. The zero-order chi connectivity index (χ0) is 28.7. The van der Waals surface area contributed by atoms with Crippen molar-refractivity contribution in [1.82, 2.24) is 29.7 Å². The van der Waals surface area contributed by atoms with E-state index >= 15 is 0 Å². The molecule has 2 aromatic carbocycles. The highest BCUT2D eigenvalue weighted by atomic mass is 16.3. The molecular formula is C32H26N6O3. The molecule has 9 nitrogen and oxygen atoms in total. The SMILES string of the molecule is Cc1nn2cccnc2c1C(=O)NC(C)c1oc2cccc(C#Cc3cnn(C)c3C)c2c(=O)c1-c1ccccc1. The Kier molecular flexibility index (Phi) is 6.44. The topological polar surface area (TPSA) is 107 Å². The van der Waals surface area contributed by atoms with Crippen LogP contribution in [-0.4, -0.2) is 30.3 Å². The molecule has 202 valence electrons. The summed E-state index contributed by atoms with van der Waals surface area (Å²) in [5.74, 6) is 6.27. The molecule has 4 heterocycles. The molecule has 1 unspecified atom stereocenters. The number of hydrogen-bond acceptors (Lipinski definition) is 6. The van der Waals surface area contributed by atoms with Crippen LogP contribution in [0.25, 0.3) is 27.7 Å². The van der Waals surface area contributed by atoms with E-state index in [0.29, 0.717) is 50.3 Å². The molecule has 4 aromatic heterocycles. The summed E-state index contributed by atoms with van der Waals surface area (Å²) in [5.41, 5.74) is 4.82. The average Bonchev–Trinajstić information content (AvgIpc) is 3.49. The Morgan fingerprint density at radius 2 is 1.80 bits per heavy atom. The minimum absolute atomic E-state index is 0.227. The molecule has 0 saturated carbocycles. The summed E-state index contributed by atoms with van der Waals surface area (Å²) >= 11 is 0. The smallest absolute Gasteiger partial charge is 0.257 e. The first kappa shape index (κ1) is 25.8. The molecule has 0 saturated heterocycles. The van der Waals surface area contributed by atoms with Gasteiger partial charge in [0.1, 0.15) is 16.9 Å². The second kappa shape index (κ2) is 10.2. The third-order valence-corrected chi connectivity index (χ3v) is 7.11. The molecule has 0 fully saturated rings. The number of carbonyl (C=O) groups is 1. The highest BCUT2D eigenvalue weighted by Gasteiger charge is 2.26. The number of nitrogens with one attached hydrogen (secondary N) is 1. The summed E-state index contributed by atoms with van der Waals surface area (Å²) in [6.45, 7) is 5.49. The number of amides is 1. The van der Waals surface area contributed by atoms with Gasteiger partial charge < -0.3 is 9.73 Å². The molecule has 1 N–H and O–H groups in total. The quantitative estimate of drug-likeness (QED) is 0.323. The first-order valence-corrected chi connectivity index (χ1v) is 13.1. The lowest BCUT2D eigenvalue weighted by Crippen LogP contribution is -2.28. The maximum Gasteiger partial charge on any atom is 0.257 e. The van der Waals surface area contributed by atoms with Gasteiger partial charge in [0.05, 0.1) is 40.1 Å². The molecule has 1 atom stereocenters. The zero-order valence-corrected chi connectivity index (χ0v) is 23.0. The van der Waals surface area contributed by atoms with Crippen LogP contribution in [0.2, 0.25) is 0 Å². The minimum Gasteiger partial charge on any atom is -0.458 e. The predicted octanol–water partition coefficient (Wildman–Crippen LogP) is 4.74. The van der Waals surface area contributed by atoms with E-state index in [-0.39, 0.29) is 11.3 Å². The van der Waals surface area contributed by atoms with E-state index in [1.165, 1.54) is 0 Å². The van der Waals surface area contributed by atoms with Crippen molar-refractivity contribution in [3.63, 3.8) is 0 Å². The van der Waals surface area contributed by atoms with Gasteiger partial charge in [-0.3, -0.25) is 14.3 Å². The van der Waals surface area contributed by atoms with Gasteiger partial charge in [-0.1, -0.05) is 48.2 Å². The van der Waals surface area contributed by atoms with Crippen LogP contribution in [0.4, 0.5) is 0 Å². The number of aromatic nitrogens is 5. The van der Waals surface area contributed by atoms with Crippen molar-refractivity contribution < 1.29 is 9.21 Å². The van der Waals surface area contributed by atoms with Crippen LogP contribution in [0.15, 0.2) is 82.4 Å². The van der Waals surface area contributed by atoms with Crippen molar-refractivity contribution in [1.29, 1.82) is 0 Å². The lowest BCUT2D eigenvalue weighted by Gasteiger charge is -2.18. The van der Waals surface area contributed by atoms with Gasteiger partial charge in [-0.25, -0.2) is 9.50 Å². The fourth-order valence-corrected chi connectivity index (χ4v) is 4.90. The largest absolute Gasteiger partial charge is 0.458 e. The van der Waals surface area contributed by atoms with Gasteiger partial charge in [0.2, 0.25) is 5.43 Å². The van der Waals surface area contributed by atoms with Gasteiger partial charge in [-0.15, -0.1) is 0 Å². The Bertz CT molecular complexity index is 2080. The molecule has 0 spiro atoms. The van der Waals surface area contributed by atoms with Crippen LogP contribution in [0.3, 0.4) is 0 Å². The number of fused-ring (bicyclic) bond motifs is 2. The van der Waals surface area contributed by atoms with Crippen LogP contribution in [-0.2, 0) is 7.05 Å². The van der Waals surface area contributed by atoms with E-state index in [1.807, 2.05) is 44.3 Å². The Morgan fingerprint density at radius 1 is 1.02 bits per heavy atom. The highest BCUT2D eigenvalue weighted by molar-refractivity contribution is 6.01. The van der Waals surface area contributed by atoms with Crippen LogP contribution >= 0.6 is 0 Å². The molecule has 0 aliphatic heterocycles. The van der Waals surface area contributed by atoms with E-state index in [2.05, 4.69) is 32.3 Å². The zero-order valence-electron chi connectivity index (χ0n) is 23.0. The molecule has 0 bridgehead atoms. The second-order valence-electron chi connectivity index (χ2n) is 9.78. The summed E-state index contributed by atoms with van der Waals surface area (Å²) < 4.78 is 9.73. The molecule has 41 heavy (non-hydrogen) atoms. The molecule has 0 aliphatic rings. The van der Waals surface area contributed by atoms with Crippen molar-refractivity contribution in [2.24, 2.45) is 7.05 Å². The van der Waals surface area contributed by atoms with Crippen molar-refractivity contribution in [2.75, 3.05) is 0 Å². The Balaban J connectivity index is 1.48. The Hall–Kier alpha value is -5.49. The maximum absolute atomic E-state index is 14.2. The second-order valence-corrected chi connectivity index (χ2v) is 9.78. The number of benzene rings is 2. The van der Waals surface area contributed by atoms with Gasteiger partial charge in [0.15, 0.2) is 5.65 Å². The first-order chi connectivity index (χ1) is 19.8. The third-order valence-electron chi connectivity index (χ3n) is 7.11. The highest BCUT2D eigenvalue weighted by Crippen LogP contribution is 2.30. The molecule has 9 heteroatoms. The number of carbonyl (C=O) groups excluding carboxylic acids is 1. The lowest BCUT2D eigenvalue weighted by molar-refractivity contribution is 0.0936. The van der Waals surface area contributed by atoms with Gasteiger partial charge >= 0.3 is 0 Å².